The molecule has 1 heterocycles. The highest BCUT2D eigenvalue weighted by atomic mass is 16.5. The van der Waals surface area contributed by atoms with E-state index in [0.717, 1.165) is 40.1 Å². The second kappa shape index (κ2) is 8.97. The first-order valence-electron chi connectivity index (χ1n) is 10.3. The molecule has 31 heavy (non-hydrogen) atoms. The Hall–Kier alpha value is -3.72. The van der Waals surface area contributed by atoms with Crippen LogP contribution in [0.15, 0.2) is 85.6 Å². The Kier molecular flexibility index (Phi) is 5.94. The molecule has 0 aliphatic carbocycles. The Morgan fingerprint density at radius 3 is 2.29 bits per heavy atom. The van der Waals surface area contributed by atoms with Gasteiger partial charge in [-0.15, -0.1) is 0 Å². The largest absolute Gasteiger partial charge is 0.493 e. The number of ether oxygens (including phenoxy) is 2. The first-order valence-corrected chi connectivity index (χ1v) is 10.3. The van der Waals surface area contributed by atoms with Gasteiger partial charge in [0.2, 0.25) is 0 Å². The van der Waals surface area contributed by atoms with Crippen molar-refractivity contribution >= 4 is 27.6 Å². The fraction of sp³-hybridized carbons (Fsp3) is 0.143. The van der Waals surface area contributed by atoms with Crippen LogP contribution < -0.4 is 9.47 Å². The van der Waals surface area contributed by atoms with Crippen molar-refractivity contribution in [3.8, 4) is 11.5 Å². The molecule has 1 N–H and O–H groups in total. The summed E-state index contributed by atoms with van der Waals surface area (Å²) in [6.07, 6.45) is 2.80. The SMILES string of the molecule is C=C(C/C(=C(\C)c1ccc(OC)c(OC)c1)c1ccccc1)c1c[nH]c2ccccc12. The number of nitrogens with one attached hydrogen (secondary N) is 1. The number of hydrogen-bond acceptors (Lipinski definition) is 2. The summed E-state index contributed by atoms with van der Waals surface area (Å²) in [5, 5.41) is 1.20. The van der Waals surface area contributed by atoms with Crippen LogP contribution in [0.5, 0.6) is 11.5 Å². The van der Waals surface area contributed by atoms with Crippen LogP contribution in [0.3, 0.4) is 0 Å². The molecule has 156 valence electrons. The van der Waals surface area contributed by atoms with Crippen LogP contribution in [0.25, 0.3) is 27.6 Å². The summed E-state index contributed by atoms with van der Waals surface area (Å²) in [5.74, 6) is 1.45. The number of hydrogen-bond donors (Lipinski definition) is 1. The Morgan fingerprint density at radius 2 is 1.55 bits per heavy atom. The molecule has 0 spiro atoms. The molecule has 3 heteroatoms. The molecular weight excluding hydrogens is 382 g/mol. The summed E-state index contributed by atoms with van der Waals surface area (Å²) >= 11 is 0. The minimum Gasteiger partial charge on any atom is -0.493 e. The van der Waals surface area contributed by atoms with E-state index >= 15 is 0 Å². The first-order chi connectivity index (χ1) is 15.1. The number of fused-ring (bicyclic) bond motifs is 1. The Bertz CT molecular complexity index is 1250. The van der Waals surface area contributed by atoms with Gasteiger partial charge in [-0.3, -0.25) is 0 Å². The Balaban J connectivity index is 1.79. The normalized spacial score (nSPS) is 11.8. The molecule has 0 fully saturated rings. The van der Waals surface area contributed by atoms with Gasteiger partial charge in [0, 0.05) is 22.7 Å². The number of aromatic amines is 1. The standard InChI is InChI=1S/C28H27NO2/c1-19(25-18-29-26-13-9-8-12-23(25)26)16-24(21-10-6-5-7-11-21)20(2)22-14-15-27(30-3)28(17-22)31-4/h5-15,17-18,29H,1,16H2,2-4H3/b24-20-. The third-order valence-corrected chi connectivity index (χ3v) is 5.75. The van der Waals surface area contributed by atoms with Gasteiger partial charge in [0.15, 0.2) is 11.5 Å². The number of benzene rings is 3. The van der Waals surface area contributed by atoms with Crippen LogP contribution in [-0.2, 0) is 0 Å². The summed E-state index contributed by atoms with van der Waals surface area (Å²) in [6.45, 7) is 6.61. The van der Waals surface area contributed by atoms with Crippen LogP contribution in [0.1, 0.15) is 30.0 Å². The molecule has 3 aromatic carbocycles. The van der Waals surface area contributed by atoms with Crippen LogP contribution in [0.2, 0.25) is 0 Å². The lowest BCUT2D eigenvalue weighted by molar-refractivity contribution is 0.355. The third kappa shape index (κ3) is 4.13. The van der Waals surface area contributed by atoms with Crippen molar-refractivity contribution in [2.45, 2.75) is 13.3 Å². The molecule has 0 unspecified atom stereocenters. The topological polar surface area (TPSA) is 34.2 Å². The molecule has 0 aliphatic rings. The second-order valence-corrected chi connectivity index (χ2v) is 7.57. The number of para-hydroxylation sites is 1. The van der Waals surface area contributed by atoms with Crippen LogP contribution in [0, 0.1) is 0 Å². The molecule has 0 saturated carbocycles. The molecular formula is C28H27NO2. The molecule has 0 amide bonds. The van der Waals surface area contributed by atoms with Gasteiger partial charge in [0.05, 0.1) is 14.2 Å². The van der Waals surface area contributed by atoms with Gasteiger partial charge in [-0.25, -0.2) is 0 Å². The van der Waals surface area contributed by atoms with E-state index in [2.05, 4.69) is 73.2 Å². The summed E-state index contributed by atoms with van der Waals surface area (Å²) in [5.41, 5.74) is 8.08. The highest BCUT2D eigenvalue weighted by Crippen LogP contribution is 2.38. The van der Waals surface area contributed by atoms with E-state index in [1.807, 2.05) is 24.3 Å². The molecule has 0 aliphatic heterocycles. The quantitative estimate of drug-likeness (QED) is 0.327. The third-order valence-electron chi connectivity index (χ3n) is 5.75. The van der Waals surface area contributed by atoms with Gasteiger partial charge in [-0.1, -0.05) is 61.2 Å². The highest BCUT2D eigenvalue weighted by Gasteiger charge is 2.14. The maximum Gasteiger partial charge on any atom is 0.161 e. The molecule has 0 bridgehead atoms. The molecule has 4 aromatic rings. The Labute approximate surface area is 183 Å². The smallest absolute Gasteiger partial charge is 0.161 e. The van der Waals surface area contributed by atoms with Crippen molar-refractivity contribution in [2.75, 3.05) is 14.2 Å². The van der Waals surface area contributed by atoms with Gasteiger partial charge in [0.1, 0.15) is 0 Å². The van der Waals surface area contributed by atoms with Gasteiger partial charge >= 0.3 is 0 Å². The predicted octanol–water partition coefficient (Wildman–Crippen LogP) is 7.22. The fourth-order valence-corrected chi connectivity index (χ4v) is 4.01. The average molecular weight is 410 g/mol. The number of rotatable bonds is 7. The van der Waals surface area contributed by atoms with Gasteiger partial charge in [-0.05, 0) is 59.4 Å². The molecule has 0 atom stereocenters. The van der Waals surface area contributed by atoms with E-state index in [0.29, 0.717) is 0 Å². The second-order valence-electron chi connectivity index (χ2n) is 7.57. The zero-order valence-electron chi connectivity index (χ0n) is 18.2. The summed E-state index contributed by atoms with van der Waals surface area (Å²) in [7, 11) is 3.32. The summed E-state index contributed by atoms with van der Waals surface area (Å²) in [6, 6.07) is 24.9. The van der Waals surface area contributed by atoms with E-state index in [1.165, 1.54) is 22.1 Å². The Morgan fingerprint density at radius 1 is 0.839 bits per heavy atom. The number of allylic oxidation sites excluding steroid dienone is 3. The molecule has 0 radical (unpaired) electrons. The van der Waals surface area contributed by atoms with Crippen molar-refractivity contribution < 1.29 is 9.47 Å². The van der Waals surface area contributed by atoms with Crippen LogP contribution >= 0.6 is 0 Å². The highest BCUT2D eigenvalue weighted by molar-refractivity contribution is 5.98. The predicted molar refractivity (Wildman–Crippen MR) is 130 cm³/mol. The van der Waals surface area contributed by atoms with E-state index in [4.69, 9.17) is 9.47 Å². The lowest BCUT2D eigenvalue weighted by Gasteiger charge is -2.16. The molecule has 1 aromatic heterocycles. The maximum absolute atomic E-state index is 5.53. The van der Waals surface area contributed by atoms with Crippen molar-refractivity contribution in [1.29, 1.82) is 0 Å². The lowest BCUT2D eigenvalue weighted by atomic mass is 9.89. The number of aromatic nitrogens is 1. The van der Waals surface area contributed by atoms with Crippen LogP contribution in [0.4, 0.5) is 0 Å². The van der Waals surface area contributed by atoms with Crippen molar-refractivity contribution in [3.63, 3.8) is 0 Å². The first kappa shape index (κ1) is 20.5. The van der Waals surface area contributed by atoms with E-state index in [-0.39, 0.29) is 0 Å². The zero-order chi connectivity index (χ0) is 21.8. The molecule has 0 saturated heterocycles. The van der Waals surface area contributed by atoms with Crippen LogP contribution in [-0.4, -0.2) is 19.2 Å². The van der Waals surface area contributed by atoms with Crippen molar-refractivity contribution in [1.82, 2.24) is 4.98 Å². The van der Waals surface area contributed by atoms with Crippen molar-refractivity contribution in [3.05, 3.63) is 102 Å². The maximum atomic E-state index is 5.53. The van der Waals surface area contributed by atoms with Gasteiger partial charge < -0.3 is 14.5 Å². The van der Waals surface area contributed by atoms with Crippen molar-refractivity contribution in [2.24, 2.45) is 0 Å². The number of H-pyrrole nitrogens is 1. The van der Waals surface area contributed by atoms with Gasteiger partial charge in [-0.2, -0.15) is 0 Å². The van der Waals surface area contributed by atoms with Gasteiger partial charge in [0.25, 0.3) is 0 Å². The summed E-state index contributed by atoms with van der Waals surface area (Å²) < 4.78 is 10.9. The molecule has 3 nitrogen and oxygen atoms in total. The lowest BCUT2D eigenvalue weighted by Crippen LogP contribution is -1.95. The minimum atomic E-state index is 0.724. The monoisotopic (exact) mass is 409 g/mol. The average Bonchev–Trinajstić information content (AvgIpc) is 3.26. The summed E-state index contributed by atoms with van der Waals surface area (Å²) in [4.78, 5) is 3.36. The minimum absolute atomic E-state index is 0.724. The zero-order valence-corrected chi connectivity index (χ0v) is 18.2. The number of methoxy groups -OCH3 is 2. The fourth-order valence-electron chi connectivity index (χ4n) is 4.01. The van der Waals surface area contributed by atoms with E-state index < -0.39 is 0 Å². The van der Waals surface area contributed by atoms with E-state index in [9.17, 15) is 0 Å². The molecule has 4 rings (SSSR count). The van der Waals surface area contributed by atoms with E-state index in [1.54, 1.807) is 14.2 Å².